The number of sulfonamides is 1. The van der Waals surface area contributed by atoms with E-state index in [0.29, 0.717) is 11.1 Å². The van der Waals surface area contributed by atoms with Crippen molar-refractivity contribution in [3.8, 4) is 11.1 Å². The van der Waals surface area contributed by atoms with Crippen LogP contribution in [0.1, 0.15) is 10.5 Å². The molecule has 1 amide bonds. The first-order valence-corrected chi connectivity index (χ1v) is 6.82. The average Bonchev–Trinajstić information content (AvgIpc) is 2.38. The average molecular weight is 277 g/mol. The van der Waals surface area contributed by atoms with Gasteiger partial charge in [-0.25, -0.2) is 13.6 Å². The van der Waals surface area contributed by atoms with E-state index in [9.17, 15) is 13.2 Å². The van der Waals surface area contributed by atoms with Gasteiger partial charge in [0.1, 0.15) is 5.69 Å². The molecule has 0 radical (unpaired) electrons. The number of amides is 1. The van der Waals surface area contributed by atoms with Crippen LogP contribution in [-0.4, -0.2) is 19.3 Å². The molecule has 1 heterocycles. The molecule has 0 saturated heterocycles. The van der Waals surface area contributed by atoms with E-state index < -0.39 is 15.9 Å². The molecule has 0 fully saturated rings. The van der Waals surface area contributed by atoms with Gasteiger partial charge < -0.3 is 5.73 Å². The summed E-state index contributed by atoms with van der Waals surface area (Å²) in [7, 11) is -3.83. The van der Waals surface area contributed by atoms with E-state index in [4.69, 9.17) is 10.9 Å². The van der Waals surface area contributed by atoms with Crippen molar-refractivity contribution in [3.05, 3.63) is 48.3 Å². The van der Waals surface area contributed by atoms with Gasteiger partial charge in [-0.1, -0.05) is 24.3 Å². The largest absolute Gasteiger partial charge is 0.364 e. The molecule has 0 aliphatic carbocycles. The predicted octanol–water partition coefficient (Wildman–Crippen LogP) is 0.495. The van der Waals surface area contributed by atoms with Gasteiger partial charge in [-0.2, -0.15) is 0 Å². The smallest absolute Gasteiger partial charge is 0.267 e. The number of carbonyl (C=O) groups is 1. The van der Waals surface area contributed by atoms with Crippen molar-refractivity contribution >= 4 is 15.9 Å². The van der Waals surface area contributed by atoms with Crippen LogP contribution in [0, 0.1) is 0 Å². The van der Waals surface area contributed by atoms with Crippen molar-refractivity contribution in [3.63, 3.8) is 0 Å². The van der Waals surface area contributed by atoms with Crippen LogP contribution in [-0.2, 0) is 10.0 Å². The molecule has 19 heavy (non-hydrogen) atoms. The lowest BCUT2D eigenvalue weighted by Crippen LogP contribution is -2.14. The van der Waals surface area contributed by atoms with Crippen molar-refractivity contribution in [1.29, 1.82) is 0 Å². The molecule has 2 aromatic rings. The lowest BCUT2D eigenvalue weighted by molar-refractivity contribution is 0.0995. The molecule has 0 aliphatic heterocycles. The van der Waals surface area contributed by atoms with Crippen LogP contribution in [0.2, 0.25) is 0 Å². The molecule has 7 heteroatoms. The number of nitrogens with zero attached hydrogens (tertiary/aromatic N) is 1. The van der Waals surface area contributed by atoms with Gasteiger partial charge in [-0.3, -0.25) is 9.78 Å². The normalized spacial score (nSPS) is 11.2. The van der Waals surface area contributed by atoms with E-state index >= 15 is 0 Å². The van der Waals surface area contributed by atoms with Gasteiger partial charge in [0.15, 0.2) is 0 Å². The highest BCUT2D eigenvalue weighted by molar-refractivity contribution is 7.89. The molecule has 4 N–H and O–H groups in total. The van der Waals surface area contributed by atoms with Crippen LogP contribution in [0.4, 0.5) is 0 Å². The maximum atomic E-state index is 11.5. The molecule has 0 bridgehead atoms. The van der Waals surface area contributed by atoms with Crippen molar-refractivity contribution in [1.82, 2.24) is 4.98 Å². The Bertz CT molecular complexity index is 724. The lowest BCUT2D eigenvalue weighted by Gasteiger charge is -2.07. The number of primary amides is 1. The molecule has 1 aromatic heterocycles. The molecule has 0 aliphatic rings. The van der Waals surface area contributed by atoms with E-state index in [-0.39, 0.29) is 10.6 Å². The number of rotatable bonds is 3. The van der Waals surface area contributed by atoms with Crippen LogP contribution in [0.5, 0.6) is 0 Å². The number of hydrogen-bond acceptors (Lipinski definition) is 4. The van der Waals surface area contributed by atoms with Gasteiger partial charge in [0.05, 0.1) is 4.90 Å². The van der Waals surface area contributed by atoms with E-state index in [0.717, 1.165) is 0 Å². The van der Waals surface area contributed by atoms with Gasteiger partial charge in [0.25, 0.3) is 5.91 Å². The molecule has 6 nitrogen and oxygen atoms in total. The summed E-state index contributed by atoms with van der Waals surface area (Å²) in [4.78, 5) is 14.8. The lowest BCUT2D eigenvalue weighted by atomic mass is 10.1. The third kappa shape index (κ3) is 2.78. The molecule has 98 valence electrons. The summed E-state index contributed by atoms with van der Waals surface area (Å²) in [5, 5.41) is 5.15. The van der Waals surface area contributed by atoms with E-state index in [2.05, 4.69) is 4.98 Å². The van der Waals surface area contributed by atoms with Crippen molar-refractivity contribution in [2.24, 2.45) is 10.9 Å². The number of benzene rings is 1. The summed E-state index contributed by atoms with van der Waals surface area (Å²) >= 11 is 0. The topological polar surface area (TPSA) is 116 Å². The molecule has 0 saturated carbocycles. The van der Waals surface area contributed by atoms with Crippen LogP contribution >= 0.6 is 0 Å². The highest BCUT2D eigenvalue weighted by atomic mass is 32.2. The summed E-state index contributed by atoms with van der Waals surface area (Å²) in [5.41, 5.74) is 6.15. The number of primary sulfonamides is 1. The van der Waals surface area contributed by atoms with Gasteiger partial charge in [-0.15, -0.1) is 0 Å². The minimum absolute atomic E-state index is 0.00336. The Morgan fingerprint density at radius 3 is 2.32 bits per heavy atom. The van der Waals surface area contributed by atoms with E-state index in [1.165, 1.54) is 18.3 Å². The fraction of sp³-hybridized carbons (Fsp3) is 0. The Hall–Kier alpha value is -2.25. The van der Waals surface area contributed by atoms with Crippen LogP contribution < -0.4 is 10.9 Å². The summed E-state index contributed by atoms with van der Waals surface area (Å²) < 4.78 is 23.0. The number of carbonyl (C=O) groups excluding carboxylic acids is 1. The molecule has 1 aromatic carbocycles. The predicted molar refractivity (Wildman–Crippen MR) is 69.6 cm³/mol. The minimum atomic E-state index is -3.83. The molecule has 0 unspecified atom stereocenters. The van der Waals surface area contributed by atoms with Crippen LogP contribution in [0.15, 0.2) is 47.5 Å². The Balaban J connectivity index is 2.57. The maximum absolute atomic E-state index is 11.5. The highest BCUT2D eigenvalue weighted by Crippen LogP contribution is 2.25. The molecule has 0 atom stereocenters. The fourth-order valence-electron chi connectivity index (χ4n) is 1.65. The monoisotopic (exact) mass is 277 g/mol. The zero-order valence-electron chi connectivity index (χ0n) is 9.78. The first-order valence-electron chi connectivity index (χ1n) is 5.27. The van der Waals surface area contributed by atoms with Crippen LogP contribution in [0.3, 0.4) is 0 Å². The Morgan fingerprint density at radius 2 is 1.79 bits per heavy atom. The van der Waals surface area contributed by atoms with Gasteiger partial charge in [-0.05, 0) is 12.1 Å². The highest BCUT2D eigenvalue weighted by Gasteiger charge is 2.14. The SMILES string of the molecule is NC(=O)c1ccc(-c2ccccc2S(N)(=O)=O)cn1. The zero-order valence-corrected chi connectivity index (χ0v) is 10.6. The third-order valence-corrected chi connectivity index (χ3v) is 3.49. The number of hydrogen-bond donors (Lipinski definition) is 2. The van der Waals surface area contributed by atoms with Crippen molar-refractivity contribution < 1.29 is 13.2 Å². The summed E-state index contributed by atoms with van der Waals surface area (Å²) in [6, 6.07) is 9.28. The van der Waals surface area contributed by atoms with Crippen molar-refractivity contribution in [2.45, 2.75) is 4.90 Å². The summed E-state index contributed by atoms with van der Waals surface area (Å²) in [6.07, 6.45) is 1.38. The second kappa shape index (κ2) is 4.79. The standard InChI is InChI=1S/C12H11N3O3S/c13-12(16)10-6-5-8(7-15-10)9-3-1-2-4-11(9)19(14,17)18/h1-7H,(H2,13,16)(H2,14,17,18). The van der Waals surface area contributed by atoms with Gasteiger partial charge in [0, 0.05) is 17.3 Å². The zero-order chi connectivity index (χ0) is 14.0. The summed E-state index contributed by atoms with van der Waals surface area (Å²) in [5.74, 6) is -0.647. The van der Waals surface area contributed by atoms with Crippen LogP contribution in [0.25, 0.3) is 11.1 Å². The summed E-state index contributed by atoms with van der Waals surface area (Å²) in [6.45, 7) is 0. The first-order chi connectivity index (χ1) is 8.89. The molecule has 0 spiro atoms. The third-order valence-electron chi connectivity index (χ3n) is 2.52. The number of pyridine rings is 1. The van der Waals surface area contributed by atoms with Gasteiger partial charge in [0.2, 0.25) is 10.0 Å². The minimum Gasteiger partial charge on any atom is -0.364 e. The molecular weight excluding hydrogens is 266 g/mol. The fourth-order valence-corrected chi connectivity index (χ4v) is 2.41. The number of aromatic nitrogens is 1. The maximum Gasteiger partial charge on any atom is 0.267 e. The Labute approximate surface area is 110 Å². The Morgan fingerprint density at radius 1 is 1.11 bits per heavy atom. The second-order valence-electron chi connectivity index (χ2n) is 3.84. The van der Waals surface area contributed by atoms with Crippen molar-refractivity contribution in [2.75, 3.05) is 0 Å². The number of nitrogens with two attached hydrogens (primary N) is 2. The molecule has 2 rings (SSSR count). The van der Waals surface area contributed by atoms with E-state index in [1.807, 2.05) is 0 Å². The van der Waals surface area contributed by atoms with Gasteiger partial charge >= 0.3 is 0 Å². The van der Waals surface area contributed by atoms with E-state index in [1.54, 1.807) is 24.3 Å². The quantitative estimate of drug-likeness (QED) is 0.849. The Kier molecular flexibility index (Phi) is 3.32. The molecular formula is C12H11N3O3S. The first kappa shape index (κ1) is 13.2. The second-order valence-corrected chi connectivity index (χ2v) is 5.37.